The van der Waals surface area contributed by atoms with Crippen molar-refractivity contribution in [3.63, 3.8) is 0 Å². The van der Waals surface area contributed by atoms with Gasteiger partial charge < -0.3 is 10.4 Å². The van der Waals surface area contributed by atoms with Crippen molar-refractivity contribution in [2.75, 3.05) is 48.8 Å². The number of thioether (sulfide) groups is 2. The third kappa shape index (κ3) is 5.55. The zero-order valence-electron chi connectivity index (χ0n) is 10.4. The molecule has 19 heavy (non-hydrogen) atoms. The van der Waals surface area contributed by atoms with E-state index >= 15 is 0 Å². The number of rotatable bonds is 7. The van der Waals surface area contributed by atoms with Crippen molar-refractivity contribution >= 4 is 46.0 Å². The van der Waals surface area contributed by atoms with Crippen molar-refractivity contribution in [1.82, 2.24) is 15.1 Å². The Morgan fingerprint density at radius 3 is 2.95 bits per heavy atom. The summed E-state index contributed by atoms with van der Waals surface area (Å²) in [5, 5.41) is 20.5. The summed E-state index contributed by atoms with van der Waals surface area (Å²) < 4.78 is 0.694. The Hall–Kier alpha value is -0.510. The van der Waals surface area contributed by atoms with Gasteiger partial charge in [-0.15, -0.1) is 10.2 Å². The van der Waals surface area contributed by atoms with E-state index in [0.29, 0.717) is 4.34 Å². The molecule has 2 heterocycles. The van der Waals surface area contributed by atoms with E-state index < -0.39 is 5.97 Å². The standard InChI is InChI=1S/C10H16N4O2S3/c15-8(16)7-18-10-13-12-9(19-10)11-1-2-14-3-5-17-6-4-14/h1-7H2,(H,11,12)(H,15,16). The lowest BCUT2D eigenvalue weighted by Gasteiger charge is -2.25. The lowest BCUT2D eigenvalue weighted by Crippen LogP contribution is -2.36. The van der Waals surface area contributed by atoms with E-state index in [-0.39, 0.29) is 5.75 Å². The molecule has 0 saturated carbocycles. The minimum atomic E-state index is -0.835. The molecule has 2 rings (SSSR count). The number of carbonyl (C=O) groups is 1. The topological polar surface area (TPSA) is 78.3 Å². The first-order valence-electron chi connectivity index (χ1n) is 5.96. The molecule has 9 heteroatoms. The number of carboxylic acids is 1. The molecule has 0 unspecified atom stereocenters. The second-order valence-corrected chi connectivity index (χ2v) is 7.36. The van der Waals surface area contributed by atoms with Gasteiger partial charge in [0.05, 0.1) is 5.75 Å². The van der Waals surface area contributed by atoms with Crippen molar-refractivity contribution in [1.29, 1.82) is 0 Å². The van der Waals surface area contributed by atoms with E-state index in [2.05, 4.69) is 20.4 Å². The second-order valence-electron chi connectivity index (χ2n) is 3.94. The van der Waals surface area contributed by atoms with Gasteiger partial charge in [-0.3, -0.25) is 9.69 Å². The zero-order valence-corrected chi connectivity index (χ0v) is 12.8. The number of aromatic nitrogens is 2. The van der Waals surface area contributed by atoms with Gasteiger partial charge in [0.15, 0.2) is 4.34 Å². The van der Waals surface area contributed by atoms with Crippen LogP contribution in [0.3, 0.4) is 0 Å². The first-order chi connectivity index (χ1) is 9.24. The Morgan fingerprint density at radius 1 is 1.42 bits per heavy atom. The van der Waals surface area contributed by atoms with Crippen molar-refractivity contribution < 1.29 is 9.90 Å². The molecule has 0 atom stereocenters. The molecule has 1 aromatic heterocycles. The Kier molecular flexibility index (Phi) is 6.21. The van der Waals surface area contributed by atoms with Crippen LogP contribution in [0.15, 0.2) is 4.34 Å². The molecule has 0 bridgehead atoms. The Balaban J connectivity index is 1.66. The first kappa shape index (κ1) is 14.9. The highest BCUT2D eigenvalue weighted by Gasteiger charge is 2.10. The van der Waals surface area contributed by atoms with Crippen LogP contribution in [0.5, 0.6) is 0 Å². The van der Waals surface area contributed by atoms with Crippen molar-refractivity contribution in [3.05, 3.63) is 0 Å². The SMILES string of the molecule is O=C(O)CSc1nnc(NCCN2CCSCC2)s1. The fourth-order valence-corrected chi connectivity index (χ4v) is 4.09. The van der Waals surface area contributed by atoms with Gasteiger partial charge in [-0.1, -0.05) is 23.1 Å². The van der Waals surface area contributed by atoms with Gasteiger partial charge in [-0.25, -0.2) is 0 Å². The highest BCUT2D eigenvalue weighted by molar-refractivity contribution is 8.01. The first-order valence-corrected chi connectivity index (χ1v) is 8.92. The van der Waals surface area contributed by atoms with Gasteiger partial charge >= 0.3 is 5.97 Å². The number of carboxylic acid groups (broad SMARTS) is 1. The predicted octanol–water partition coefficient (Wildman–Crippen LogP) is 1.18. The van der Waals surface area contributed by atoms with E-state index in [0.717, 1.165) is 31.3 Å². The van der Waals surface area contributed by atoms with E-state index in [4.69, 9.17) is 5.11 Å². The predicted molar refractivity (Wildman–Crippen MR) is 80.5 cm³/mol. The molecule has 0 spiro atoms. The molecule has 106 valence electrons. The van der Waals surface area contributed by atoms with Crippen LogP contribution in [0, 0.1) is 0 Å². The van der Waals surface area contributed by atoms with Crippen LogP contribution < -0.4 is 5.32 Å². The molecule has 1 saturated heterocycles. The van der Waals surface area contributed by atoms with Crippen molar-refractivity contribution in [2.45, 2.75) is 4.34 Å². The molecule has 1 fully saturated rings. The van der Waals surface area contributed by atoms with Crippen LogP contribution in [-0.2, 0) is 4.79 Å². The van der Waals surface area contributed by atoms with Crippen LogP contribution in [0.25, 0.3) is 0 Å². The summed E-state index contributed by atoms with van der Waals surface area (Å²) in [5.41, 5.74) is 0. The summed E-state index contributed by atoms with van der Waals surface area (Å²) >= 11 is 4.61. The van der Waals surface area contributed by atoms with Crippen LogP contribution in [0.2, 0.25) is 0 Å². The lowest BCUT2D eigenvalue weighted by atomic mass is 10.4. The van der Waals surface area contributed by atoms with E-state index in [1.807, 2.05) is 11.8 Å². The summed E-state index contributed by atoms with van der Waals surface area (Å²) in [4.78, 5) is 12.9. The van der Waals surface area contributed by atoms with Gasteiger partial charge in [0.1, 0.15) is 0 Å². The van der Waals surface area contributed by atoms with Crippen LogP contribution in [0.4, 0.5) is 5.13 Å². The molecule has 0 radical (unpaired) electrons. The molecule has 1 aliphatic rings. The Labute approximate surface area is 124 Å². The maximum atomic E-state index is 10.4. The minimum Gasteiger partial charge on any atom is -0.481 e. The quantitative estimate of drug-likeness (QED) is 0.725. The highest BCUT2D eigenvalue weighted by Crippen LogP contribution is 2.25. The highest BCUT2D eigenvalue weighted by atomic mass is 32.2. The third-order valence-corrected chi connectivity index (χ3v) is 5.48. The maximum absolute atomic E-state index is 10.4. The molecular formula is C10H16N4O2S3. The maximum Gasteiger partial charge on any atom is 0.313 e. The fraction of sp³-hybridized carbons (Fsp3) is 0.700. The molecule has 0 aliphatic carbocycles. The normalized spacial score (nSPS) is 16.4. The van der Waals surface area contributed by atoms with Gasteiger partial charge in [0.2, 0.25) is 5.13 Å². The third-order valence-electron chi connectivity index (χ3n) is 2.53. The fourth-order valence-electron chi connectivity index (χ4n) is 1.61. The van der Waals surface area contributed by atoms with Crippen LogP contribution in [0.1, 0.15) is 0 Å². The Bertz CT molecular complexity index is 409. The molecule has 2 N–H and O–H groups in total. The van der Waals surface area contributed by atoms with E-state index in [1.54, 1.807) is 0 Å². The average Bonchev–Trinajstić information content (AvgIpc) is 2.86. The largest absolute Gasteiger partial charge is 0.481 e. The smallest absolute Gasteiger partial charge is 0.313 e. The summed E-state index contributed by atoms with van der Waals surface area (Å²) in [5.74, 6) is 1.63. The number of aliphatic carboxylic acids is 1. The zero-order chi connectivity index (χ0) is 13.5. The molecule has 0 aromatic carbocycles. The molecule has 0 amide bonds. The summed E-state index contributed by atoms with van der Waals surface area (Å²) in [6.07, 6.45) is 0. The number of nitrogens with one attached hydrogen (secondary N) is 1. The molecule has 1 aliphatic heterocycles. The molecule has 1 aromatic rings. The molecule has 6 nitrogen and oxygen atoms in total. The van der Waals surface area contributed by atoms with Gasteiger partial charge in [0.25, 0.3) is 0 Å². The second kappa shape index (κ2) is 7.93. The number of hydrogen-bond acceptors (Lipinski definition) is 8. The van der Waals surface area contributed by atoms with Crippen molar-refractivity contribution in [3.8, 4) is 0 Å². The van der Waals surface area contributed by atoms with E-state index in [9.17, 15) is 4.79 Å². The Morgan fingerprint density at radius 2 is 2.21 bits per heavy atom. The lowest BCUT2D eigenvalue weighted by molar-refractivity contribution is -0.133. The summed E-state index contributed by atoms with van der Waals surface area (Å²) in [6.45, 7) is 4.17. The number of hydrogen-bond donors (Lipinski definition) is 2. The monoisotopic (exact) mass is 320 g/mol. The minimum absolute atomic E-state index is 0.0279. The summed E-state index contributed by atoms with van der Waals surface area (Å²) in [6, 6.07) is 0. The number of nitrogens with zero attached hydrogens (tertiary/aromatic N) is 3. The van der Waals surface area contributed by atoms with Crippen LogP contribution >= 0.6 is 34.9 Å². The van der Waals surface area contributed by atoms with Crippen LogP contribution in [-0.4, -0.2) is 69.6 Å². The van der Waals surface area contributed by atoms with Gasteiger partial charge in [-0.05, 0) is 0 Å². The van der Waals surface area contributed by atoms with Crippen molar-refractivity contribution in [2.24, 2.45) is 0 Å². The molecular weight excluding hydrogens is 304 g/mol. The van der Waals surface area contributed by atoms with Gasteiger partial charge in [0, 0.05) is 37.7 Å². The number of anilines is 1. The summed E-state index contributed by atoms with van der Waals surface area (Å²) in [7, 11) is 0. The van der Waals surface area contributed by atoms with E-state index in [1.165, 1.54) is 34.6 Å². The average molecular weight is 320 g/mol. The van der Waals surface area contributed by atoms with Gasteiger partial charge in [-0.2, -0.15) is 11.8 Å².